The van der Waals surface area contributed by atoms with Crippen LogP contribution >= 0.6 is 11.3 Å². The van der Waals surface area contributed by atoms with Gasteiger partial charge >= 0.3 is 0 Å². The molecule has 1 N–H and O–H groups in total. The van der Waals surface area contributed by atoms with E-state index in [9.17, 15) is 0 Å². The smallest absolute Gasteiger partial charge is 0.140 e. The van der Waals surface area contributed by atoms with Crippen LogP contribution in [0.4, 0.5) is 0 Å². The van der Waals surface area contributed by atoms with Gasteiger partial charge in [0.1, 0.15) is 23.1 Å². The average Bonchev–Trinajstić information content (AvgIpc) is 3.17. The number of methoxy groups -OCH3 is 1. The van der Waals surface area contributed by atoms with Crippen LogP contribution in [0, 0.1) is 0 Å². The number of rotatable bonds is 7. The maximum atomic E-state index is 5.89. The minimum absolute atomic E-state index is 0.514. The summed E-state index contributed by atoms with van der Waals surface area (Å²) in [7, 11) is 1.68. The van der Waals surface area contributed by atoms with Crippen LogP contribution in [0.1, 0.15) is 23.4 Å². The van der Waals surface area contributed by atoms with E-state index in [4.69, 9.17) is 9.47 Å². The van der Waals surface area contributed by atoms with Crippen molar-refractivity contribution in [1.29, 1.82) is 0 Å². The summed E-state index contributed by atoms with van der Waals surface area (Å²) in [4.78, 5) is 4.23. The summed E-state index contributed by atoms with van der Waals surface area (Å²) in [6.07, 6.45) is 4.35. The van der Waals surface area contributed by atoms with E-state index < -0.39 is 0 Å². The lowest BCUT2D eigenvalue weighted by molar-refractivity contribution is 0.300. The summed E-state index contributed by atoms with van der Waals surface area (Å²) >= 11 is 1.61. The van der Waals surface area contributed by atoms with Crippen molar-refractivity contribution >= 4 is 11.3 Å². The molecule has 5 heteroatoms. The monoisotopic (exact) mass is 290 g/mol. The normalized spacial score (nSPS) is 14.2. The van der Waals surface area contributed by atoms with Gasteiger partial charge in [-0.3, -0.25) is 0 Å². The van der Waals surface area contributed by atoms with Crippen molar-refractivity contribution < 1.29 is 9.47 Å². The van der Waals surface area contributed by atoms with Crippen molar-refractivity contribution in [2.45, 2.75) is 32.0 Å². The van der Waals surface area contributed by atoms with E-state index in [-0.39, 0.29) is 0 Å². The van der Waals surface area contributed by atoms with Gasteiger partial charge in [-0.05, 0) is 31.0 Å². The van der Waals surface area contributed by atoms with E-state index in [1.807, 2.05) is 23.6 Å². The van der Waals surface area contributed by atoms with Crippen LogP contribution in [0.2, 0.25) is 0 Å². The molecule has 1 aromatic carbocycles. The molecule has 0 aliphatic heterocycles. The Labute approximate surface area is 122 Å². The van der Waals surface area contributed by atoms with Gasteiger partial charge in [0.2, 0.25) is 0 Å². The lowest BCUT2D eigenvalue weighted by atomic mass is 10.2. The van der Waals surface area contributed by atoms with E-state index >= 15 is 0 Å². The van der Waals surface area contributed by atoms with Crippen molar-refractivity contribution in [3.05, 3.63) is 40.3 Å². The number of aromatic nitrogens is 1. The molecule has 20 heavy (non-hydrogen) atoms. The predicted molar refractivity (Wildman–Crippen MR) is 79.3 cm³/mol. The van der Waals surface area contributed by atoms with Crippen LogP contribution in [0.25, 0.3) is 0 Å². The van der Waals surface area contributed by atoms with Crippen molar-refractivity contribution in [2.75, 3.05) is 7.11 Å². The van der Waals surface area contributed by atoms with Crippen LogP contribution in [0.15, 0.2) is 29.8 Å². The highest BCUT2D eigenvalue weighted by Gasteiger charge is 2.20. The molecule has 1 heterocycles. The maximum absolute atomic E-state index is 5.89. The Morgan fingerprint density at radius 2 is 2.30 bits per heavy atom. The predicted octanol–water partition coefficient (Wildman–Crippen LogP) is 2.98. The van der Waals surface area contributed by atoms with E-state index in [0.29, 0.717) is 12.6 Å². The van der Waals surface area contributed by atoms with E-state index in [1.165, 1.54) is 12.8 Å². The molecule has 3 rings (SSSR count). The first-order valence-electron chi connectivity index (χ1n) is 6.76. The first kappa shape index (κ1) is 13.4. The Morgan fingerprint density at radius 1 is 1.40 bits per heavy atom. The molecule has 1 aliphatic carbocycles. The van der Waals surface area contributed by atoms with E-state index in [0.717, 1.165) is 28.6 Å². The molecular formula is C15H18N2O2S. The molecule has 0 amide bonds. The van der Waals surface area contributed by atoms with Crippen molar-refractivity contribution in [3.8, 4) is 11.5 Å². The average molecular weight is 290 g/mol. The topological polar surface area (TPSA) is 43.4 Å². The first-order chi connectivity index (χ1) is 9.85. The lowest BCUT2D eigenvalue weighted by Gasteiger charge is -2.13. The zero-order chi connectivity index (χ0) is 13.8. The number of benzene rings is 1. The third kappa shape index (κ3) is 3.49. The highest BCUT2D eigenvalue weighted by atomic mass is 32.1. The molecule has 0 spiro atoms. The molecule has 0 atom stereocenters. The molecule has 4 nitrogen and oxygen atoms in total. The number of thiazole rings is 1. The highest BCUT2D eigenvalue weighted by Crippen LogP contribution is 2.27. The van der Waals surface area contributed by atoms with Gasteiger partial charge < -0.3 is 14.8 Å². The molecule has 1 saturated carbocycles. The van der Waals surface area contributed by atoms with Crippen LogP contribution in [0.5, 0.6) is 11.5 Å². The number of ether oxygens (including phenoxy) is 2. The first-order valence-corrected chi connectivity index (χ1v) is 7.64. The van der Waals surface area contributed by atoms with Crippen molar-refractivity contribution in [2.24, 2.45) is 0 Å². The molecular weight excluding hydrogens is 272 g/mol. The van der Waals surface area contributed by atoms with Crippen LogP contribution in [-0.4, -0.2) is 18.1 Å². The Bertz CT molecular complexity index is 553. The molecule has 2 aromatic rings. The van der Waals surface area contributed by atoms with Crippen LogP contribution in [0.3, 0.4) is 0 Å². The third-order valence-corrected chi connectivity index (χ3v) is 4.01. The van der Waals surface area contributed by atoms with Gasteiger partial charge in [0.05, 0.1) is 7.11 Å². The van der Waals surface area contributed by atoms with Crippen molar-refractivity contribution in [1.82, 2.24) is 10.3 Å². The molecule has 0 radical (unpaired) electrons. The second-order valence-corrected chi connectivity index (χ2v) is 5.82. The van der Waals surface area contributed by atoms with Crippen LogP contribution in [-0.2, 0) is 13.2 Å². The Hall–Kier alpha value is -1.59. The number of nitrogens with zero attached hydrogens (tertiary/aromatic N) is 1. The fraction of sp³-hybridized carbons (Fsp3) is 0.400. The quantitative estimate of drug-likeness (QED) is 0.851. The molecule has 1 aliphatic rings. The lowest BCUT2D eigenvalue weighted by Crippen LogP contribution is -2.16. The molecule has 0 saturated heterocycles. The fourth-order valence-corrected chi connectivity index (χ4v) is 2.49. The highest BCUT2D eigenvalue weighted by molar-refractivity contribution is 7.09. The second kappa shape index (κ2) is 6.24. The summed E-state index contributed by atoms with van der Waals surface area (Å²) in [6, 6.07) is 6.61. The van der Waals surface area contributed by atoms with Gasteiger partial charge in [-0.1, -0.05) is 0 Å². The Morgan fingerprint density at radius 3 is 3.00 bits per heavy atom. The summed E-state index contributed by atoms with van der Waals surface area (Å²) in [5.74, 6) is 1.76. The van der Waals surface area contributed by atoms with Gasteiger partial charge in [0, 0.05) is 29.7 Å². The van der Waals surface area contributed by atoms with Crippen LogP contribution < -0.4 is 14.8 Å². The van der Waals surface area contributed by atoms with E-state index in [2.05, 4.69) is 10.3 Å². The molecule has 0 bridgehead atoms. The molecule has 1 fully saturated rings. The van der Waals surface area contributed by atoms with Gasteiger partial charge in [0.25, 0.3) is 0 Å². The minimum atomic E-state index is 0.514. The molecule has 106 valence electrons. The fourth-order valence-electron chi connectivity index (χ4n) is 1.97. The maximum Gasteiger partial charge on any atom is 0.140 e. The largest absolute Gasteiger partial charge is 0.497 e. The zero-order valence-corrected chi connectivity index (χ0v) is 12.3. The molecule has 0 unspecified atom stereocenters. The molecule has 1 aromatic heterocycles. The second-order valence-electron chi connectivity index (χ2n) is 4.84. The van der Waals surface area contributed by atoms with Gasteiger partial charge in [-0.15, -0.1) is 11.3 Å². The van der Waals surface area contributed by atoms with Gasteiger partial charge in [-0.2, -0.15) is 0 Å². The summed E-state index contributed by atoms with van der Waals surface area (Å²) in [5, 5.41) is 6.46. The van der Waals surface area contributed by atoms with Gasteiger partial charge in [0.15, 0.2) is 0 Å². The van der Waals surface area contributed by atoms with Gasteiger partial charge in [-0.25, -0.2) is 4.98 Å². The Kier molecular flexibility index (Phi) is 4.18. The summed E-state index contributed by atoms with van der Waals surface area (Å²) in [6.45, 7) is 1.33. The summed E-state index contributed by atoms with van der Waals surface area (Å²) in [5.41, 5.74) is 1.13. The van der Waals surface area contributed by atoms with E-state index in [1.54, 1.807) is 24.6 Å². The SMILES string of the molecule is COc1ccc(OCc2nccs2)c(CNC2CC2)c1. The minimum Gasteiger partial charge on any atom is -0.497 e. The zero-order valence-electron chi connectivity index (χ0n) is 11.5. The standard InChI is InChI=1S/C15H18N2O2S/c1-18-13-4-5-14(19-10-15-16-6-7-20-15)11(8-13)9-17-12-2-3-12/h4-8,12,17H,2-3,9-10H2,1H3. The number of hydrogen-bond donors (Lipinski definition) is 1. The Balaban J connectivity index is 1.69. The van der Waals surface area contributed by atoms with Crippen molar-refractivity contribution in [3.63, 3.8) is 0 Å². The summed E-state index contributed by atoms with van der Waals surface area (Å²) < 4.78 is 11.2. The number of nitrogens with one attached hydrogen (secondary N) is 1. The third-order valence-electron chi connectivity index (χ3n) is 3.26. The number of hydrogen-bond acceptors (Lipinski definition) is 5.